The van der Waals surface area contributed by atoms with E-state index in [-0.39, 0.29) is 16.5 Å². The number of anilines is 2. The molecule has 0 aliphatic heterocycles. The van der Waals surface area contributed by atoms with Crippen LogP contribution in [0, 0.1) is 0 Å². The molecule has 0 saturated carbocycles. The Morgan fingerprint density at radius 3 is 2.20 bits per heavy atom. The Labute approximate surface area is 271 Å². The zero-order chi connectivity index (χ0) is 33.3. The van der Waals surface area contributed by atoms with Crippen LogP contribution in [0.25, 0.3) is 6.08 Å². The number of benzene rings is 4. The highest BCUT2D eigenvalue weighted by molar-refractivity contribution is 8.00. The highest BCUT2D eigenvalue weighted by atomic mass is 32.2. The maximum Gasteiger partial charge on any atom is 0.272 e. The minimum atomic E-state index is -3.85. The van der Waals surface area contributed by atoms with E-state index >= 15 is 0 Å². The number of nitrogens with one attached hydrogen (secondary N) is 3. The van der Waals surface area contributed by atoms with Crippen molar-refractivity contribution in [3.05, 3.63) is 114 Å². The number of nitrogens with two attached hydrogens (primary N) is 1. The van der Waals surface area contributed by atoms with Crippen molar-refractivity contribution in [2.24, 2.45) is 5.14 Å². The quantitative estimate of drug-likeness (QED) is 0.123. The number of carbonyl (C=O) groups excluding carboxylic acids is 3. The first-order valence-electron chi connectivity index (χ1n) is 13.8. The molecule has 1 atom stereocenters. The lowest BCUT2D eigenvalue weighted by Crippen LogP contribution is -2.30. The molecular formula is C33H32N4O7S2. The first kappa shape index (κ1) is 33.8. The lowest BCUT2D eigenvalue weighted by atomic mass is 10.1. The van der Waals surface area contributed by atoms with Crippen LogP contribution in [0.4, 0.5) is 11.4 Å². The van der Waals surface area contributed by atoms with Gasteiger partial charge >= 0.3 is 0 Å². The van der Waals surface area contributed by atoms with Gasteiger partial charge in [0.05, 0.1) is 24.4 Å². The molecule has 238 valence electrons. The number of carbonyl (C=O) groups is 3. The Balaban J connectivity index is 1.50. The van der Waals surface area contributed by atoms with Gasteiger partial charge in [0.25, 0.3) is 11.8 Å². The van der Waals surface area contributed by atoms with Gasteiger partial charge in [0, 0.05) is 33.5 Å². The fourth-order valence-corrected chi connectivity index (χ4v) is 5.55. The van der Waals surface area contributed by atoms with Gasteiger partial charge in [-0.05, 0) is 79.7 Å². The fraction of sp³-hybridized carbons (Fsp3) is 0.121. The van der Waals surface area contributed by atoms with Crippen LogP contribution in [0.3, 0.4) is 0 Å². The zero-order valence-electron chi connectivity index (χ0n) is 25.1. The van der Waals surface area contributed by atoms with Crippen LogP contribution in [0.15, 0.2) is 113 Å². The van der Waals surface area contributed by atoms with Gasteiger partial charge < -0.3 is 25.4 Å². The molecule has 3 amide bonds. The van der Waals surface area contributed by atoms with E-state index in [1.807, 2.05) is 0 Å². The monoisotopic (exact) mass is 660 g/mol. The van der Waals surface area contributed by atoms with Crippen molar-refractivity contribution < 1.29 is 32.3 Å². The van der Waals surface area contributed by atoms with E-state index in [1.165, 1.54) is 56.3 Å². The van der Waals surface area contributed by atoms with E-state index in [0.29, 0.717) is 38.9 Å². The smallest absolute Gasteiger partial charge is 0.272 e. The summed E-state index contributed by atoms with van der Waals surface area (Å²) < 4.78 is 33.7. The van der Waals surface area contributed by atoms with Crippen molar-refractivity contribution in [3.8, 4) is 11.5 Å². The van der Waals surface area contributed by atoms with Gasteiger partial charge in [0.2, 0.25) is 15.9 Å². The Morgan fingerprint density at radius 1 is 0.826 bits per heavy atom. The molecule has 4 rings (SSSR count). The average Bonchev–Trinajstić information content (AvgIpc) is 3.04. The van der Waals surface area contributed by atoms with E-state index in [0.717, 1.165) is 0 Å². The second-order valence-electron chi connectivity index (χ2n) is 9.79. The topological polar surface area (TPSA) is 166 Å². The highest BCUT2D eigenvalue weighted by Gasteiger charge is 2.19. The normalized spacial score (nSPS) is 12.0. The molecule has 46 heavy (non-hydrogen) atoms. The Kier molecular flexibility index (Phi) is 11.2. The summed E-state index contributed by atoms with van der Waals surface area (Å²) in [5.41, 5.74) is 1.72. The molecule has 0 aliphatic rings. The van der Waals surface area contributed by atoms with Gasteiger partial charge in [0.1, 0.15) is 17.2 Å². The number of hydrogen-bond acceptors (Lipinski definition) is 8. The van der Waals surface area contributed by atoms with Crippen LogP contribution in [-0.2, 0) is 19.6 Å². The van der Waals surface area contributed by atoms with Gasteiger partial charge in [-0.1, -0.05) is 24.3 Å². The van der Waals surface area contributed by atoms with Crippen LogP contribution in [-0.4, -0.2) is 45.6 Å². The lowest BCUT2D eigenvalue weighted by Gasteiger charge is -2.15. The summed E-state index contributed by atoms with van der Waals surface area (Å²) in [6, 6.07) is 26.0. The summed E-state index contributed by atoms with van der Waals surface area (Å²) in [5.74, 6) is -0.379. The van der Waals surface area contributed by atoms with Crippen LogP contribution in [0.5, 0.6) is 11.5 Å². The number of thioether (sulfide) groups is 1. The fourth-order valence-electron chi connectivity index (χ4n) is 4.11. The predicted molar refractivity (Wildman–Crippen MR) is 178 cm³/mol. The van der Waals surface area contributed by atoms with Gasteiger partial charge in [-0.25, -0.2) is 13.6 Å². The first-order valence-corrected chi connectivity index (χ1v) is 16.2. The summed E-state index contributed by atoms with van der Waals surface area (Å²) >= 11 is 1.25. The number of rotatable bonds is 12. The Hall–Kier alpha value is -5.11. The standard InChI is InChI=1S/C33H32N4O7S2/c1-21(31(38)35-24-13-16-28(17-14-24)46(34,41)42)45-27-11-7-10-25(19-27)36-33(40)29(37-32(39)22-8-5-4-6-9-22)18-23-12-15-26(43-2)20-30(23)44-3/h4-21H,1-3H3,(H,35,38)(H,36,40)(H,37,39)(H2,34,41,42)/b29-18+. The third-order valence-corrected chi connectivity index (χ3v) is 8.52. The van der Waals surface area contributed by atoms with Gasteiger partial charge in [-0.2, -0.15) is 0 Å². The molecule has 0 radical (unpaired) electrons. The molecule has 0 aromatic heterocycles. The molecule has 0 spiro atoms. The zero-order valence-corrected chi connectivity index (χ0v) is 26.8. The lowest BCUT2D eigenvalue weighted by molar-refractivity contribution is -0.115. The second-order valence-corrected chi connectivity index (χ2v) is 12.8. The summed E-state index contributed by atoms with van der Waals surface area (Å²) in [6.45, 7) is 1.71. The van der Waals surface area contributed by atoms with E-state index in [9.17, 15) is 22.8 Å². The second kappa shape index (κ2) is 15.3. The molecule has 0 saturated heterocycles. The van der Waals surface area contributed by atoms with Gasteiger partial charge in [-0.15, -0.1) is 11.8 Å². The van der Waals surface area contributed by atoms with E-state index < -0.39 is 27.1 Å². The molecule has 5 N–H and O–H groups in total. The number of amides is 3. The molecule has 0 heterocycles. The molecule has 0 aliphatic carbocycles. The molecule has 13 heteroatoms. The molecule has 11 nitrogen and oxygen atoms in total. The molecular weight excluding hydrogens is 629 g/mol. The highest BCUT2D eigenvalue weighted by Crippen LogP contribution is 2.29. The largest absolute Gasteiger partial charge is 0.497 e. The summed E-state index contributed by atoms with van der Waals surface area (Å²) in [5, 5.41) is 12.8. The Morgan fingerprint density at radius 2 is 1.54 bits per heavy atom. The summed E-state index contributed by atoms with van der Waals surface area (Å²) in [6.07, 6.45) is 1.51. The number of primary sulfonamides is 1. The third kappa shape index (κ3) is 9.20. The van der Waals surface area contributed by atoms with Crippen molar-refractivity contribution in [2.75, 3.05) is 24.9 Å². The van der Waals surface area contributed by atoms with Crippen LogP contribution in [0.1, 0.15) is 22.8 Å². The Bertz CT molecular complexity index is 1860. The van der Waals surface area contributed by atoms with Crippen molar-refractivity contribution >= 4 is 57.0 Å². The predicted octanol–water partition coefficient (Wildman–Crippen LogP) is 4.88. The van der Waals surface area contributed by atoms with Crippen molar-refractivity contribution in [3.63, 3.8) is 0 Å². The minimum absolute atomic E-state index is 0.0309. The summed E-state index contributed by atoms with van der Waals surface area (Å²) in [4.78, 5) is 40.1. The van der Waals surface area contributed by atoms with E-state index in [4.69, 9.17) is 14.6 Å². The number of sulfonamides is 1. The van der Waals surface area contributed by atoms with E-state index in [1.54, 1.807) is 79.7 Å². The number of methoxy groups -OCH3 is 2. The summed E-state index contributed by atoms with van der Waals surface area (Å²) in [7, 11) is -0.828. The SMILES string of the molecule is COc1ccc(/C=C(/NC(=O)c2ccccc2)C(=O)Nc2cccc(SC(C)C(=O)Nc3ccc(S(N)(=O)=O)cc3)c2)c(OC)c1. The number of ether oxygens (including phenoxy) is 2. The van der Waals surface area contributed by atoms with Gasteiger partial charge in [-0.3, -0.25) is 14.4 Å². The molecule has 1 unspecified atom stereocenters. The van der Waals surface area contributed by atoms with Crippen molar-refractivity contribution in [1.29, 1.82) is 0 Å². The average molecular weight is 661 g/mol. The van der Waals surface area contributed by atoms with Crippen LogP contribution < -0.4 is 30.6 Å². The minimum Gasteiger partial charge on any atom is -0.497 e. The van der Waals surface area contributed by atoms with E-state index in [2.05, 4.69) is 16.0 Å². The van der Waals surface area contributed by atoms with Gasteiger partial charge in [0.15, 0.2) is 0 Å². The third-order valence-electron chi connectivity index (χ3n) is 6.49. The van der Waals surface area contributed by atoms with Crippen molar-refractivity contribution in [2.45, 2.75) is 22.0 Å². The molecule has 4 aromatic carbocycles. The van der Waals surface area contributed by atoms with Crippen LogP contribution in [0.2, 0.25) is 0 Å². The molecule has 4 aromatic rings. The molecule has 0 fully saturated rings. The first-order chi connectivity index (χ1) is 22.0. The maximum absolute atomic E-state index is 13.6. The molecule has 0 bridgehead atoms. The van der Waals surface area contributed by atoms with Crippen molar-refractivity contribution in [1.82, 2.24) is 5.32 Å². The number of hydrogen-bond donors (Lipinski definition) is 4. The van der Waals surface area contributed by atoms with Crippen LogP contribution >= 0.6 is 11.8 Å². The maximum atomic E-state index is 13.6.